The van der Waals surface area contributed by atoms with E-state index in [1.807, 2.05) is 47.0 Å². The van der Waals surface area contributed by atoms with Crippen molar-refractivity contribution >= 4 is 23.7 Å². The Morgan fingerprint density at radius 1 is 1.12 bits per heavy atom. The van der Waals surface area contributed by atoms with Crippen LogP contribution in [0, 0.1) is 0 Å². The van der Waals surface area contributed by atoms with Crippen LogP contribution in [0.15, 0.2) is 59.8 Å². The van der Waals surface area contributed by atoms with Gasteiger partial charge in [-0.1, -0.05) is 42.1 Å². The van der Waals surface area contributed by atoms with E-state index >= 15 is 0 Å². The summed E-state index contributed by atoms with van der Waals surface area (Å²) in [5.74, 6) is 1.12. The molecule has 8 nitrogen and oxygen atoms in total. The van der Waals surface area contributed by atoms with Crippen molar-refractivity contribution < 1.29 is 14.3 Å². The van der Waals surface area contributed by atoms with Crippen LogP contribution in [0.3, 0.4) is 0 Å². The number of hydrogen-bond acceptors (Lipinski definition) is 6. The third-order valence-electron chi connectivity index (χ3n) is 5.33. The molecular weight excluding hydrogens is 438 g/mol. The maximum Gasteiger partial charge on any atom is 0.321 e. The van der Waals surface area contributed by atoms with Gasteiger partial charge in [-0.25, -0.2) is 4.79 Å². The number of nitrogens with one attached hydrogen (secondary N) is 2. The van der Waals surface area contributed by atoms with Crippen LogP contribution >= 0.6 is 11.8 Å². The van der Waals surface area contributed by atoms with Crippen molar-refractivity contribution in [3.05, 3.63) is 60.2 Å². The van der Waals surface area contributed by atoms with Crippen LogP contribution in [0.5, 0.6) is 5.75 Å². The molecule has 2 N–H and O–H groups in total. The van der Waals surface area contributed by atoms with E-state index in [1.54, 1.807) is 14.0 Å². The van der Waals surface area contributed by atoms with Gasteiger partial charge in [-0.15, -0.1) is 10.2 Å². The summed E-state index contributed by atoms with van der Waals surface area (Å²) in [5.41, 5.74) is 2.11. The van der Waals surface area contributed by atoms with Crippen molar-refractivity contribution in [1.29, 1.82) is 0 Å². The highest BCUT2D eigenvalue weighted by Crippen LogP contribution is 2.28. The number of nitrogens with zero attached hydrogens (tertiary/aromatic N) is 3. The SMILES string of the molecule is COc1ccc(-c2nnc(SC(C)C(=O)NC(=O)NC3CC3)n2CCc2ccccc2)cc1. The van der Waals surface area contributed by atoms with Crippen LogP contribution in [0.4, 0.5) is 4.79 Å². The van der Waals surface area contributed by atoms with Gasteiger partial charge in [-0.2, -0.15) is 0 Å². The molecule has 1 aromatic heterocycles. The maximum absolute atomic E-state index is 12.5. The number of urea groups is 1. The lowest BCUT2D eigenvalue weighted by molar-refractivity contribution is -0.119. The first-order chi connectivity index (χ1) is 16.0. The van der Waals surface area contributed by atoms with Gasteiger partial charge >= 0.3 is 6.03 Å². The smallest absolute Gasteiger partial charge is 0.321 e. The number of carbonyl (C=O) groups excluding carboxylic acids is 2. The molecule has 0 aliphatic heterocycles. The van der Waals surface area contributed by atoms with E-state index in [2.05, 4.69) is 33.0 Å². The van der Waals surface area contributed by atoms with Crippen LogP contribution < -0.4 is 15.4 Å². The number of carbonyl (C=O) groups is 2. The Hall–Kier alpha value is -3.33. The van der Waals surface area contributed by atoms with E-state index in [9.17, 15) is 9.59 Å². The molecule has 1 saturated carbocycles. The van der Waals surface area contributed by atoms with Gasteiger partial charge in [0.2, 0.25) is 5.91 Å². The van der Waals surface area contributed by atoms with Crippen molar-refractivity contribution in [1.82, 2.24) is 25.4 Å². The van der Waals surface area contributed by atoms with Crippen molar-refractivity contribution in [3.8, 4) is 17.1 Å². The van der Waals surface area contributed by atoms with Gasteiger partial charge < -0.3 is 14.6 Å². The molecule has 1 heterocycles. The van der Waals surface area contributed by atoms with E-state index in [0.29, 0.717) is 11.7 Å². The summed E-state index contributed by atoms with van der Waals surface area (Å²) >= 11 is 1.29. The van der Waals surface area contributed by atoms with E-state index in [0.717, 1.165) is 36.4 Å². The molecule has 2 aromatic carbocycles. The molecule has 33 heavy (non-hydrogen) atoms. The van der Waals surface area contributed by atoms with Gasteiger partial charge in [-0.3, -0.25) is 10.1 Å². The molecule has 0 spiro atoms. The number of benzene rings is 2. The fourth-order valence-corrected chi connectivity index (χ4v) is 4.17. The average Bonchev–Trinajstić information content (AvgIpc) is 3.56. The number of ether oxygens (including phenoxy) is 1. The summed E-state index contributed by atoms with van der Waals surface area (Å²) in [6, 6.07) is 17.6. The number of amides is 3. The number of thioether (sulfide) groups is 1. The normalized spacial score (nSPS) is 13.9. The number of hydrogen-bond donors (Lipinski definition) is 2. The summed E-state index contributed by atoms with van der Waals surface area (Å²) in [6.45, 7) is 2.41. The lowest BCUT2D eigenvalue weighted by atomic mass is 10.1. The van der Waals surface area contributed by atoms with Crippen molar-refractivity contribution in [3.63, 3.8) is 0 Å². The zero-order valence-electron chi connectivity index (χ0n) is 18.7. The highest BCUT2D eigenvalue weighted by atomic mass is 32.2. The van der Waals surface area contributed by atoms with Gasteiger partial charge in [0.25, 0.3) is 0 Å². The molecule has 0 saturated heterocycles. The second kappa shape index (κ2) is 10.5. The zero-order chi connectivity index (χ0) is 23.2. The predicted octanol–water partition coefficient (Wildman–Crippen LogP) is 3.67. The second-order valence-corrected chi connectivity index (χ2v) is 9.23. The summed E-state index contributed by atoms with van der Waals surface area (Å²) in [5, 5.41) is 14.1. The molecule has 1 aliphatic rings. The monoisotopic (exact) mass is 465 g/mol. The summed E-state index contributed by atoms with van der Waals surface area (Å²) in [7, 11) is 1.63. The first kappa shape index (κ1) is 22.8. The number of aromatic nitrogens is 3. The largest absolute Gasteiger partial charge is 0.497 e. The fourth-order valence-electron chi connectivity index (χ4n) is 3.29. The highest BCUT2D eigenvalue weighted by molar-refractivity contribution is 8.00. The minimum absolute atomic E-state index is 0.189. The Morgan fingerprint density at radius 2 is 1.85 bits per heavy atom. The van der Waals surface area contributed by atoms with E-state index in [4.69, 9.17) is 4.74 Å². The average molecular weight is 466 g/mol. The third-order valence-corrected chi connectivity index (χ3v) is 6.41. The number of rotatable bonds is 9. The Morgan fingerprint density at radius 3 is 2.52 bits per heavy atom. The summed E-state index contributed by atoms with van der Waals surface area (Å²) in [6.07, 6.45) is 2.72. The van der Waals surface area contributed by atoms with Gasteiger partial charge in [-0.05, 0) is 56.0 Å². The molecule has 172 valence electrons. The summed E-state index contributed by atoms with van der Waals surface area (Å²) in [4.78, 5) is 24.5. The van der Waals surface area contributed by atoms with Gasteiger partial charge in [0.1, 0.15) is 5.75 Å². The lowest BCUT2D eigenvalue weighted by Gasteiger charge is -2.14. The van der Waals surface area contributed by atoms with Crippen LogP contribution in [0.2, 0.25) is 0 Å². The number of aryl methyl sites for hydroxylation is 1. The van der Waals surface area contributed by atoms with Crippen LogP contribution in [-0.4, -0.2) is 45.1 Å². The Labute approximate surface area is 197 Å². The topological polar surface area (TPSA) is 98.1 Å². The van der Waals surface area contributed by atoms with Crippen LogP contribution in [0.1, 0.15) is 25.3 Å². The van der Waals surface area contributed by atoms with E-state index in [1.165, 1.54) is 17.3 Å². The zero-order valence-corrected chi connectivity index (χ0v) is 19.5. The van der Waals surface area contributed by atoms with Crippen LogP contribution in [-0.2, 0) is 17.8 Å². The molecule has 1 aliphatic carbocycles. The molecule has 9 heteroatoms. The molecule has 0 radical (unpaired) electrons. The van der Waals surface area contributed by atoms with Gasteiger partial charge in [0.15, 0.2) is 11.0 Å². The number of imide groups is 1. The molecule has 1 atom stereocenters. The Balaban J connectivity index is 1.51. The molecule has 3 aromatic rings. The fraction of sp³-hybridized carbons (Fsp3) is 0.333. The number of methoxy groups -OCH3 is 1. The van der Waals surface area contributed by atoms with Crippen LogP contribution in [0.25, 0.3) is 11.4 Å². The first-order valence-electron chi connectivity index (χ1n) is 10.9. The van der Waals surface area contributed by atoms with Gasteiger partial charge in [0.05, 0.1) is 12.4 Å². The first-order valence-corrected chi connectivity index (χ1v) is 11.8. The Kier molecular flexibility index (Phi) is 7.29. The standard InChI is InChI=1S/C24H27N5O3S/c1-16(22(30)26-23(31)25-19-10-11-19)33-24-28-27-21(18-8-12-20(32-2)13-9-18)29(24)15-14-17-6-4-3-5-7-17/h3-9,12-13,16,19H,10-11,14-15H2,1-2H3,(H2,25,26,30,31). The van der Waals surface area contributed by atoms with Crippen molar-refractivity contribution in [2.45, 2.75) is 49.2 Å². The third kappa shape index (κ3) is 6.13. The highest BCUT2D eigenvalue weighted by Gasteiger charge is 2.26. The molecule has 1 fully saturated rings. The van der Waals surface area contributed by atoms with E-state index in [-0.39, 0.29) is 11.9 Å². The molecule has 0 bridgehead atoms. The molecular formula is C24H27N5O3S. The molecule has 1 unspecified atom stereocenters. The quantitative estimate of drug-likeness (QED) is 0.468. The lowest BCUT2D eigenvalue weighted by Crippen LogP contribution is -2.43. The van der Waals surface area contributed by atoms with Crippen molar-refractivity contribution in [2.24, 2.45) is 0 Å². The van der Waals surface area contributed by atoms with E-state index < -0.39 is 11.3 Å². The maximum atomic E-state index is 12.5. The minimum Gasteiger partial charge on any atom is -0.497 e. The molecule has 4 rings (SSSR count). The van der Waals surface area contributed by atoms with Crippen molar-refractivity contribution in [2.75, 3.05) is 7.11 Å². The van der Waals surface area contributed by atoms with Gasteiger partial charge in [0, 0.05) is 18.2 Å². The summed E-state index contributed by atoms with van der Waals surface area (Å²) < 4.78 is 7.28. The predicted molar refractivity (Wildman–Crippen MR) is 127 cm³/mol. The Bertz CT molecular complexity index is 1100. The second-order valence-electron chi connectivity index (χ2n) is 7.92. The minimum atomic E-state index is -0.515. The molecule has 3 amide bonds.